The summed E-state index contributed by atoms with van der Waals surface area (Å²) >= 11 is 0. The van der Waals surface area contributed by atoms with E-state index in [1.54, 1.807) is 45.3 Å². The van der Waals surface area contributed by atoms with Crippen molar-refractivity contribution in [1.82, 2.24) is 20.0 Å². The number of hydrogen-bond donors (Lipinski definition) is 1. The van der Waals surface area contributed by atoms with Crippen LogP contribution in [-0.2, 0) is 9.53 Å². The van der Waals surface area contributed by atoms with Crippen molar-refractivity contribution in [3.8, 4) is 5.75 Å². The van der Waals surface area contributed by atoms with E-state index in [9.17, 15) is 14.4 Å². The topological polar surface area (TPSA) is 91.4 Å². The summed E-state index contributed by atoms with van der Waals surface area (Å²) in [6, 6.07) is 14.0. The van der Waals surface area contributed by atoms with Gasteiger partial charge in [-0.3, -0.25) is 14.6 Å². The van der Waals surface area contributed by atoms with E-state index in [1.807, 2.05) is 36.1 Å². The van der Waals surface area contributed by atoms with E-state index in [2.05, 4.69) is 10.2 Å². The summed E-state index contributed by atoms with van der Waals surface area (Å²) < 4.78 is 10.6. The van der Waals surface area contributed by atoms with Gasteiger partial charge in [0.15, 0.2) is 0 Å². The highest BCUT2D eigenvalue weighted by Crippen LogP contribution is 2.32. The lowest BCUT2D eigenvalue weighted by molar-refractivity contribution is -0.139. The van der Waals surface area contributed by atoms with Crippen molar-refractivity contribution >= 4 is 17.9 Å². The number of carbonyl (C=O) groups excluding carboxylic acids is 3. The first-order chi connectivity index (χ1) is 17.8. The second-order valence-electron chi connectivity index (χ2n) is 9.23. The number of likely N-dealkylation sites (N-methyl/N-ethyl adjacent to an activating group) is 1. The fourth-order valence-corrected chi connectivity index (χ4v) is 4.73. The van der Waals surface area contributed by atoms with E-state index < -0.39 is 12.0 Å². The van der Waals surface area contributed by atoms with Crippen molar-refractivity contribution in [2.45, 2.75) is 19.9 Å². The Morgan fingerprint density at radius 1 is 1.05 bits per heavy atom. The first-order valence-corrected chi connectivity index (χ1v) is 12.5. The zero-order valence-electron chi connectivity index (χ0n) is 21.8. The molecule has 1 fully saturated rings. The minimum Gasteiger partial charge on any atom is -0.497 e. The molecule has 0 spiro atoms. The second-order valence-corrected chi connectivity index (χ2v) is 9.23. The normalized spacial score (nSPS) is 18.5. The number of aryl methyl sites for hydroxylation is 1. The fraction of sp³-hybridized carbons (Fsp3) is 0.393. The van der Waals surface area contributed by atoms with Crippen LogP contribution in [0.15, 0.2) is 59.8 Å². The van der Waals surface area contributed by atoms with E-state index in [4.69, 9.17) is 9.47 Å². The number of amides is 3. The molecule has 2 aliphatic heterocycles. The van der Waals surface area contributed by atoms with Gasteiger partial charge in [0, 0.05) is 51.0 Å². The highest BCUT2D eigenvalue weighted by Gasteiger charge is 2.37. The third-order valence-electron chi connectivity index (χ3n) is 6.82. The average molecular weight is 507 g/mol. The smallest absolute Gasteiger partial charge is 0.338 e. The molecule has 1 saturated heterocycles. The quantitative estimate of drug-likeness (QED) is 0.581. The zero-order chi connectivity index (χ0) is 26.5. The Labute approximate surface area is 217 Å². The van der Waals surface area contributed by atoms with Gasteiger partial charge in [-0.15, -0.1) is 0 Å². The number of rotatable bonds is 7. The van der Waals surface area contributed by atoms with Crippen LogP contribution in [-0.4, -0.2) is 86.1 Å². The Morgan fingerprint density at radius 3 is 2.38 bits per heavy atom. The van der Waals surface area contributed by atoms with Gasteiger partial charge in [0.05, 0.1) is 25.3 Å². The molecule has 0 bridgehead atoms. The van der Waals surface area contributed by atoms with Crippen molar-refractivity contribution in [3.05, 3.63) is 76.5 Å². The van der Waals surface area contributed by atoms with E-state index in [0.29, 0.717) is 55.3 Å². The van der Waals surface area contributed by atoms with Crippen LogP contribution in [0.1, 0.15) is 34.5 Å². The maximum absolute atomic E-state index is 13.2. The summed E-state index contributed by atoms with van der Waals surface area (Å²) in [5, 5.41) is 2.96. The molecule has 0 radical (unpaired) electrons. The molecule has 37 heavy (non-hydrogen) atoms. The van der Waals surface area contributed by atoms with Crippen LogP contribution in [0.2, 0.25) is 0 Å². The monoisotopic (exact) mass is 506 g/mol. The van der Waals surface area contributed by atoms with Gasteiger partial charge in [-0.1, -0.05) is 29.8 Å². The number of carbonyl (C=O) groups is 3. The van der Waals surface area contributed by atoms with Gasteiger partial charge in [0.2, 0.25) is 0 Å². The second kappa shape index (κ2) is 11.5. The summed E-state index contributed by atoms with van der Waals surface area (Å²) in [5.74, 6) is 0.239. The molecule has 1 atom stereocenters. The number of ether oxygens (including phenoxy) is 2. The van der Waals surface area contributed by atoms with Crippen LogP contribution >= 0.6 is 0 Å². The van der Waals surface area contributed by atoms with Crippen molar-refractivity contribution in [2.75, 3.05) is 53.5 Å². The number of nitrogens with one attached hydrogen (secondary N) is 1. The molecule has 0 saturated carbocycles. The maximum atomic E-state index is 13.2. The van der Waals surface area contributed by atoms with Crippen molar-refractivity contribution < 1.29 is 23.9 Å². The molecule has 3 amide bonds. The Hall–Kier alpha value is -3.85. The first kappa shape index (κ1) is 26.2. The van der Waals surface area contributed by atoms with Crippen LogP contribution < -0.4 is 10.1 Å². The number of piperazine rings is 1. The molecule has 2 aromatic rings. The van der Waals surface area contributed by atoms with Gasteiger partial charge in [0.1, 0.15) is 5.75 Å². The van der Waals surface area contributed by atoms with E-state index in [1.165, 1.54) is 4.90 Å². The average Bonchev–Trinajstić information content (AvgIpc) is 2.91. The van der Waals surface area contributed by atoms with Crippen molar-refractivity contribution in [1.29, 1.82) is 0 Å². The van der Waals surface area contributed by atoms with Gasteiger partial charge in [0.25, 0.3) is 5.91 Å². The predicted octanol–water partition coefficient (Wildman–Crippen LogP) is 2.97. The summed E-state index contributed by atoms with van der Waals surface area (Å²) in [4.78, 5) is 44.6. The number of benzene rings is 2. The fourth-order valence-electron chi connectivity index (χ4n) is 4.73. The Morgan fingerprint density at radius 2 is 1.76 bits per heavy atom. The number of methoxy groups -OCH3 is 1. The standard InChI is InChI=1S/C28H34N4O5/c1-5-37-27(34)24-23(30(3)28(35)29-25(24)21-8-6-7-19(2)17-21)18-31-13-15-32(16-14-31)26(33)20-9-11-22(36-4)12-10-20/h6-12,17,25H,5,13-16,18H2,1-4H3,(H,29,35)/t25-/m1/s1. The molecule has 2 aromatic carbocycles. The lowest BCUT2D eigenvalue weighted by Gasteiger charge is -2.39. The first-order valence-electron chi connectivity index (χ1n) is 12.5. The summed E-state index contributed by atoms with van der Waals surface area (Å²) in [6.07, 6.45) is 0. The van der Waals surface area contributed by atoms with Gasteiger partial charge >= 0.3 is 12.0 Å². The predicted molar refractivity (Wildman–Crippen MR) is 139 cm³/mol. The molecule has 0 aliphatic carbocycles. The highest BCUT2D eigenvalue weighted by molar-refractivity contribution is 5.95. The molecule has 9 heteroatoms. The lowest BCUT2D eigenvalue weighted by atomic mass is 9.93. The van der Waals surface area contributed by atoms with Crippen molar-refractivity contribution in [3.63, 3.8) is 0 Å². The van der Waals surface area contributed by atoms with Crippen LogP contribution in [0.5, 0.6) is 5.75 Å². The molecule has 0 aromatic heterocycles. The summed E-state index contributed by atoms with van der Waals surface area (Å²) in [5.41, 5.74) is 3.53. The lowest BCUT2D eigenvalue weighted by Crippen LogP contribution is -2.53. The number of nitrogens with zero attached hydrogens (tertiary/aromatic N) is 3. The Kier molecular flexibility index (Phi) is 8.13. The largest absolute Gasteiger partial charge is 0.497 e. The Bertz CT molecular complexity index is 1190. The van der Waals surface area contributed by atoms with Gasteiger partial charge in [-0.05, 0) is 43.7 Å². The van der Waals surface area contributed by atoms with Crippen LogP contribution in [0.3, 0.4) is 0 Å². The summed E-state index contributed by atoms with van der Waals surface area (Å²) in [7, 11) is 3.26. The molecule has 0 unspecified atom stereocenters. The molecular weight excluding hydrogens is 472 g/mol. The maximum Gasteiger partial charge on any atom is 0.338 e. The number of esters is 1. The molecule has 2 aliphatic rings. The molecular formula is C28H34N4O5. The van der Waals surface area contributed by atoms with E-state index >= 15 is 0 Å². The van der Waals surface area contributed by atoms with Crippen LogP contribution in [0.25, 0.3) is 0 Å². The SMILES string of the molecule is CCOC(=O)C1=C(CN2CCN(C(=O)c3ccc(OC)cc3)CC2)N(C)C(=O)N[C@@H]1c1cccc(C)c1. The molecule has 196 valence electrons. The van der Waals surface area contributed by atoms with Crippen molar-refractivity contribution in [2.24, 2.45) is 0 Å². The number of hydrogen-bond acceptors (Lipinski definition) is 6. The third kappa shape index (κ3) is 5.77. The molecule has 4 rings (SSSR count). The minimum atomic E-state index is -0.601. The molecule has 1 N–H and O–H groups in total. The zero-order valence-corrected chi connectivity index (χ0v) is 21.8. The third-order valence-corrected chi connectivity index (χ3v) is 6.82. The van der Waals surface area contributed by atoms with Gasteiger partial charge in [-0.2, -0.15) is 0 Å². The Balaban J connectivity index is 1.54. The van der Waals surface area contributed by atoms with Gasteiger partial charge in [-0.25, -0.2) is 9.59 Å². The number of urea groups is 1. The molecule has 9 nitrogen and oxygen atoms in total. The minimum absolute atomic E-state index is 0.0256. The van der Waals surface area contributed by atoms with Gasteiger partial charge < -0.3 is 19.7 Å². The van der Waals surface area contributed by atoms with Crippen LogP contribution in [0, 0.1) is 6.92 Å². The van der Waals surface area contributed by atoms with E-state index in [-0.39, 0.29) is 18.5 Å². The molecule has 2 heterocycles. The highest BCUT2D eigenvalue weighted by atomic mass is 16.5. The summed E-state index contributed by atoms with van der Waals surface area (Å²) in [6.45, 7) is 6.70. The van der Waals surface area contributed by atoms with E-state index in [0.717, 1.165) is 11.1 Å². The van der Waals surface area contributed by atoms with Crippen LogP contribution in [0.4, 0.5) is 4.79 Å².